The molecular weight excluding hydrogens is 661 g/mol. The highest BCUT2D eigenvalue weighted by Gasteiger charge is 2.65. The van der Waals surface area contributed by atoms with Gasteiger partial charge in [0.25, 0.3) is 0 Å². The van der Waals surface area contributed by atoms with Gasteiger partial charge in [-0.05, 0) is 24.3 Å². The molecule has 41 heavy (non-hydrogen) atoms. The van der Waals surface area contributed by atoms with Gasteiger partial charge in [-0.2, -0.15) is 23.5 Å². The van der Waals surface area contributed by atoms with Crippen molar-refractivity contribution >= 4 is 61.2 Å². The van der Waals surface area contributed by atoms with Crippen LogP contribution < -0.4 is 4.31 Å². The molecule has 0 saturated carbocycles. The number of alkyl halides is 3. The fourth-order valence-electron chi connectivity index (χ4n) is 3.24. The molecule has 3 aromatic rings. The van der Waals surface area contributed by atoms with Gasteiger partial charge in [0.2, 0.25) is 10.0 Å². The van der Waals surface area contributed by atoms with Crippen LogP contribution in [0.4, 0.5) is 44.1 Å². The number of benzene rings is 2. The van der Waals surface area contributed by atoms with Gasteiger partial charge in [0, 0.05) is 17.8 Å². The van der Waals surface area contributed by atoms with Crippen molar-refractivity contribution in [3.63, 3.8) is 0 Å². The van der Waals surface area contributed by atoms with E-state index < -0.39 is 82.3 Å². The van der Waals surface area contributed by atoms with E-state index in [4.69, 9.17) is 23.2 Å². The fraction of sp³-hybridized carbons (Fsp3) is 0.150. The Bertz CT molecular complexity index is 1720. The number of halogens is 10. The van der Waals surface area contributed by atoms with Crippen LogP contribution in [0.5, 0.6) is 11.5 Å². The van der Waals surface area contributed by atoms with E-state index in [-0.39, 0.29) is 26.7 Å². The molecule has 0 unspecified atom stereocenters. The molecule has 0 fully saturated rings. The third-order valence-corrected chi connectivity index (χ3v) is 7.72. The van der Waals surface area contributed by atoms with E-state index in [2.05, 4.69) is 10.1 Å². The van der Waals surface area contributed by atoms with Crippen LogP contribution in [-0.4, -0.2) is 53.6 Å². The molecule has 2 aromatic carbocycles. The number of anilines is 1. The van der Waals surface area contributed by atoms with Crippen molar-refractivity contribution < 1.29 is 51.2 Å². The Hall–Kier alpha value is -3.47. The van der Waals surface area contributed by atoms with Crippen LogP contribution in [0.25, 0.3) is 5.69 Å². The van der Waals surface area contributed by atoms with Gasteiger partial charge in [0.05, 0.1) is 16.3 Å². The number of phenols is 2. The molecule has 0 spiro atoms. The minimum atomic E-state index is -10.4. The standard InChI is InChI=1S/C20H13Cl2F8N5O4S2/c1-40(38,39)34(9-20(23,24)25)18-15(7-31)33-35(19(18)32-8-10-2-3-11(36)4-16(10)37)17-13(21)5-12(6-14(17)22)41(26,27,28,29)30/h2-6,8,36-37H,9H2,1H3/b32-8+. The first-order chi connectivity index (χ1) is 18.3. The number of rotatable bonds is 7. The van der Waals surface area contributed by atoms with Crippen molar-refractivity contribution in [2.75, 3.05) is 17.1 Å². The minimum absolute atomic E-state index is 0.241. The summed E-state index contributed by atoms with van der Waals surface area (Å²) in [5.41, 5.74) is -3.36. The summed E-state index contributed by atoms with van der Waals surface area (Å²) in [5.74, 6) is -2.07. The molecule has 3 rings (SSSR count). The molecule has 1 aromatic heterocycles. The Balaban J connectivity index is 2.46. The summed E-state index contributed by atoms with van der Waals surface area (Å²) in [7, 11) is -15.2. The highest BCUT2D eigenvalue weighted by molar-refractivity contribution is 8.45. The summed E-state index contributed by atoms with van der Waals surface area (Å²) >= 11 is 11.7. The van der Waals surface area contributed by atoms with Gasteiger partial charge in [-0.25, -0.2) is 18.1 Å². The summed E-state index contributed by atoms with van der Waals surface area (Å²) in [5, 5.41) is 30.3. The van der Waals surface area contributed by atoms with E-state index in [1.165, 1.54) is 6.07 Å². The predicted octanol–water partition coefficient (Wildman–Crippen LogP) is 7.20. The highest BCUT2D eigenvalue weighted by atomic mass is 35.5. The smallest absolute Gasteiger partial charge is 0.407 e. The third kappa shape index (κ3) is 7.25. The molecular formula is C20H13Cl2F8N5O4S2. The van der Waals surface area contributed by atoms with E-state index in [1.807, 2.05) is 0 Å². The van der Waals surface area contributed by atoms with E-state index >= 15 is 0 Å². The van der Waals surface area contributed by atoms with Crippen LogP contribution >= 0.6 is 33.4 Å². The number of sulfonamides is 1. The van der Waals surface area contributed by atoms with Crippen molar-refractivity contribution in [1.29, 1.82) is 5.26 Å². The molecule has 0 aliphatic carbocycles. The van der Waals surface area contributed by atoms with Crippen LogP contribution in [-0.2, 0) is 10.0 Å². The highest BCUT2D eigenvalue weighted by Crippen LogP contribution is 3.02. The molecule has 0 aliphatic heterocycles. The number of hydrogen-bond donors (Lipinski definition) is 2. The maximum absolute atomic E-state index is 13.4. The molecule has 9 nitrogen and oxygen atoms in total. The van der Waals surface area contributed by atoms with Gasteiger partial charge in [-0.3, -0.25) is 4.31 Å². The van der Waals surface area contributed by atoms with Crippen LogP contribution in [0.15, 0.2) is 40.2 Å². The van der Waals surface area contributed by atoms with Crippen LogP contribution in [0, 0.1) is 11.3 Å². The monoisotopic (exact) mass is 673 g/mol. The Labute approximate surface area is 235 Å². The SMILES string of the molecule is CS(=O)(=O)N(CC(F)(F)F)c1c(C#N)nn(-c2c(Cl)cc(S(F)(F)(F)(F)F)cc2Cl)c1/N=C/c1ccc(O)cc1O. The number of nitriles is 1. The van der Waals surface area contributed by atoms with Crippen LogP contribution in [0.3, 0.4) is 0 Å². The third-order valence-electron chi connectivity index (χ3n) is 4.90. The zero-order valence-corrected chi connectivity index (χ0v) is 22.9. The molecule has 0 aliphatic rings. The van der Waals surface area contributed by atoms with Crippen molar-refractivity contribution in [2.24, 2.45) is 4.99 Å². The average molecular weight is 674 g/mol. The molecule has 0 atom stereocenters. The first-order valence-electron chi connectivity index (χ1n) is 10.2. The molecule has 2 N–H and O–H groups in total. The number of aromatic nitrogens is 2. The Morgan fingerprint density at radius 2 is 1.68 bits per heavy atom. The first kappa shape index (κ1) is 32.0. The van der Waals surface area contributed by atoms with Crippen molar-refractivity contribution in [1.82, 2.24) is 9.78 Å². The van der Waals surface area contributed by atoms with Gasteiger partial charge < -0.3 is 10.2 Å². The van der Waals surface area contributed by atoms with Crippen LogP contribution in [0.1, 0.15) is 11.3 Å². The van der Waals surface area contributed by atoms with E-state index in [9.17, 15) is 56.5 Å². The number of aromatic hydroxyl groups is 2. The molecule has 21 heteroatoms. The largest absolute Gasteiger partial charge is 0.508 e. The number of nitrogens with zero attached hydrogens (tertiary/aromatic N) is 5. The van der Waals surface area contributed by atoms with Gasteiger partial charge in [-0.1, -0.05) is 42.6 Å². The van der Waals surface area contributed by atoms with Crippen molar-refractivity contribution in [3.05, 3.63) is 51.6 Å². The van der Waals surface area contributed by atoms with E-state index in [0.717, 1.165) is 18.2 Å². The molecule has 0 bridgehead atoms. The summed E-state index contributed by atoms with van der Waals surface area (Å²) in [6, 6.07) is 3.74. The zero-order valence-electron chi connectivity index (χ0n) is 19.7. The van der Waals surface area contributed by atoms with Crippen molar-refractivity contribution in [3.8, 4) is 23.3 Å². The van der Waals surface area contributed by atoms with Crippen LogP contribution in [0.2, 0.25) is 10.0 Å². The second-order valence-electron chi connectivity index (χ2n) is 8.14. The number of phenolic OH excluding ortho intramolecular Hbond substituents is 2. The van der Waals surface area contributed by atoms with E-state index in [0.29, 0.717) is 12.5 Å². The lowest BCUT2D eigenvalue weighted by molar-refractivity contribution is -0.117. The summed E-state index contributed by atoms with van der Waals surface area (Å²) in [6.45, 7) is -2.23. The topological polar surface area (TPSA) is 132 Å². The predicted molar refractivity (Wildman–Crippen MR) is 135 cm³/mol. The second kappa shape index (κ2) is 9.54. The lowest BCUT2D eigenvalue weighted by Gasteiger charge is -2.40. The maximum atomic E-state index is 13.4. The fourth-order valence-corrected chi connectivity index (χ4v) is 5.58. The molecule has 224 valence electrons. The lowest BCUT2D eigenvalue weighted by atomic mass is 10.2. The van der Waals surface area contributed by atoms with Crippen molar-refractivity contribution in [2.45, 2.75) is 11.1 Å². The average Bonchev–Trinajstić information content (AvgIpc) is 3.11. The summed E-state index contributed by atoms with van der Waals surface area (Å²) in [6.07, 6.45) is -4.18. The first-order valence-corrected chi connectivity index (χ1v) is 14.7. The normalized spacial score (nSPS) is 14.5. The molecule has 1 heterocycles. The summed E-state index contributed by atoms with van der Waals surface area (Å²) < 4.78 is 132. The summed E-state index contributed by atoms with van der Waals surface area (Å²) in [4.78, 5) is 1.25. The van der Waals surface area contributed by atoms with Gasteiger partial charge in [0.15, 0.2) is 11.5 Å². The quantitative estimate of drug-likeness (QED) is 0.201. The minimum Gasteiger partial charge on any atom is -0.508 e. The zero-order chi connectivity index (χ0) is 31.4. The van der Waals surface area contributed by atoms with Gasteiger partial charge >= 0.3 is 16.4 Å². The van der Waals surface area contributed by atoms with Gasteiger partial charge in [0.1, 0.15) is 40.4 Å². The van der Waals surface area contributed by atoms with Gasteiger partial charge in [-0.15, -0.1) is 0 Å². The number of hydrogen-bond acceptors (Lipinski definition) is 7. The van der Waals surface area contributed by atoms with E-state index in [1.54, 1.807) is 0 Å². The second-order valence-corrected chi connectivity index (χ2v) is 13.3. The molecule has 0 amide bonds. The Morgan fingerprint density at radius 3 is 2.12 bits per heavy atom. The molecule has 0 saturated heterocycles. The Morgan fingerprint density at radius 1 is 1.12 bits per heavy atom. The maximum Gasteiger partial charge on any atom is 0.407 e. The Kier molecular flexibility index (Phi) is 7.46. The lowest BCUT2D eigenvalue weighted by Crippen LogP contribution is -2.38. The molecule has 0 radical (unpaired) electrons. The number of aliphatic imine (C=N–C) groups is 1.